The van der Waals surface area contributed by atoms with E-state index in [2.05, 4.69) is 5.16 Å². The smallest absolute Gasteiger partial charge is 0.416 e. The lowest BCUT2D eigenvalue weighted by Gasteiger charge is -2.10. The highest BCUT2D eigenvalue weighted by Gasteiger charge is 2.30. The lowest BCUT2D eigenvalue weighted by Crippen LogP contribution is -2.13. The molecule has 24 heavy (non-hydrogen) atoms. The lowest BCUT2D eigenvalue weighted by atomic mass is 10.1. The standard InChI is InChI=1S/C17H14F3NO3/c1-2-15(21-23)16(22)11-6-8-13(9-7-11)24-14-5-3-4-12(10-14)17(18,19)20/h3-10,23H,2H2,1H3/b21-15+. The van der Waals surface area contributed by atoms with Crippen LogP contribution in [0.2, 0.25) is 0 Å². The van der Waals surface area contributed by atoms with Gasteiger partial charge in [0.15, 0.2) is 0 Å². The molecule has 0 fully saturated rings. The van der Waals surface area contributed by atoms with Crippen molar-refractivity contribution < 1.29 is 27.9 Å². The van der Waals surface area contributed by atoms with Gasteiger partial charge in [-0.15, -0.1) is 0 Å². The number of carbonyl (C=O) groups is 1. The molecule has 0 atom stereocenters. The number of ketones is 1. The van der Waals surface area contributed by atoms with Crippen molar-refractivity contribution in [2.45, 2.75) is 19.5 Å². The van der Waals surface area contributed by atoms with E-state index in [1.165, 1.54) is 36.4 Å². The minimum Gasteiger partial charge on any atom is -0.457 e. The van der Waals surface area contributed by atoms with Crippen LogP contribution < -0.4 is 4.74 Å². The maximum atomic E-state index is 12.7. The summed E-state index contributed by atoms with van der Waals surface area (Å²) in [5.74, 6) is -0.106. The first-order valence-corrected chi connectivity index (χ1v) is 7.06. The maximum absolute atomic E-state index is 12.7. The molecule has 1 N–H and O–H groups in total. The van der Waals surface area contributed by atoms with Crippen molar-refractivity contribution in [3.63, 3.8) is 0 Å². The van der Waals surface area contributed by atoms with E-state index in [1.54, 1.807) is 6.92 Å². The highest BCUT2D eigenvalue weighted by atomic mass is 19.4. The first kappa shape index (κ1) is 17.5. The van der Waals surface area contributed by atoms with Gasteiger partial charge >= 0.3 is 6.18 Å². The summed E-state index contributed by atoms with van der Waals surface area (Å²) >= 11 is 0. The number of oxime groups is 1. The normalized spacial score (nSPS) is 12.1. The van der Waals surface area contributed by atoms with Crippen LogP contribution in [0, 0.1) is 0 Å². The van der Waals surface area contributed by atoms with Crippen LogP contribution in [0.3, 0.4) is 0 Å². The summed E-state index contributed by atoms with van der Waals surface area (Å²) in [6.07, 6.45) is -4.17. The average Bonchev–Trinajstić information content (AvgIpc) is 2.56. The van der Waals surface area contributed by atoms with E-state index in [1.807, 2.05) is 0 Å². The number of rotatable bonds is 5. The first-order chi connectivity index (χ1) is 11.3. The molecule has 2 rings (SSSR count). The SMILES string of the molecule is CC/C(=N\O)C(=O)c1ccc(Oc2cccc(C(F)(F)F)c2)cc1. The number of hydrogen-bond donors (Lipinski definition) is 1. The molecule has 0 unspecified atom stereocenters. The Morgan fingerprint density at radius 2 is 1.79 bits per heavy atom. The summed E-state index contributed by atoms with van der Waals surface area (Å²) in [5.41, 5.74) is -0.499. The van der Waals surface area contributed by atoms with Gasteiger partial charge < -0.3 is 9.94 Å². The van der Waals surface area contributed by atoms with Gasteiger partial charge in [0.05, 0.1) is 5.56 Å². The predicted octanol–water partition coefficient (Wildman–Crippen LogP) is 4.92. The molecule has 0 amide bonds. The molecule has 0 radical (unpaired) electrons. The molecule has 0 bridgehead atoms. The van der Waals surface area contributed by atoms with Crippen LogP contribution in [0.5, 0.6) is 11.5 Å². The minimum atomic E-state index is -4.45. The van der Waals surface area contributed by atoms with Crippen LogP contribution in [0.1, 0.15) is 29.3 Å². The van der Waals surface area contributed by atoms with Gasteiger partial charge in [0.1, 0.15) is 17.2 Å². The van der Waals surface area contributed by atoms with Crippen LogP contribution in [-0.4, -0.2) is 16.7 Å². The topological polar surface area (TPSA) is 58.9 Å². The van der Waals surface area contributed by atoms with Crippen molar-refractivity contribution in [2.24, 2.45) is 5.16 Å². The average molecular weight is 337 g/mol. The first-order valence-electron chi connectivity index (χ1n) is 7.06. The number of hydrogen-bond acceptors (Lipinski definition) is 4. The number of carbonyl (C=O) groups excluding carboxylic acids is 1. The summed E-state index contributed by atoms with van der Waals surface area (Å²) in [4.78, 5) is 12.0. The third kappa shape index (κ3) is 4.13. The largest absolute Gasteiger partial charge is 0.457 e. The molecule has 0 spiro atoms. The molecule has 0 saturated carbocycles. The van der Waals surface area contributed by atoms with Gasteiger partial charge in [-0.05, 0) is 48.9 Å². The van der Waals surface area contributed by atoms with Gasteiger partial charge in [-0.1, -0.05) is 18.1 Å². The number of benzene rings is 2. The quantitative estimate of drug-likeness (QED) is 0.365. The molecule has 0 saturated heterocycles. The summed E-state index contributed by atoms with van der Waals surface area (Å²) in [7, 11) is 0. The minimum absolute atomic E-state index is 0.0153. The van der Waals surface area contributed by atoms with Crippen LogP contribution in [0.25, 0.3) is 0 Å². The Morgan fingerprint density at radius 3 is 2.33 bits per heavy atom. The van der Waals surface area contributed by atoms with E-state index in [4.69, 9.17) is 9.94 Å². The predicted molar refractivity (Wildman–Crippen MR) is 81.8 cm³/mol. The fourth-order valence-corrected chi connectivity index (χ4v) is 1.99. The van der Waals surface area contributed by atoms with Gasteiger partial charge in [-0.2, -0.15) is 13.2 Å². The van der Waals surface area contributed by atoms with E-state index in [-0.39, 0.29) is 23.6 Å². The van der Waals surface area contributed by atoms with E-state index in [0.29, 0.717) is 5.56 Å². The van der Waals surface area contributed by atoms with Crippen molar-refractivity contribution in [1.29, 1.82) is 0 Å². The van der Waals surface area contributed by atoms with Crippen molar-refractivity contribution in [1.82, 2.24) is 0 Å². The third-order valence-electron chi connectivity index (χ3n) is 3.23. The zero-order valence-corrected chi connectivity index (χ0v) is 12.7. The number of nitrogens with zero attached hydrogens (tertiary/aromatic N) is 1. The molecule has 126 valence electrons. The summed E-state index contributed by atoms with van der Waals surface area (Å²) < 4.78 is 43.4. The molecule has 0 aliphatic carbocycles. The molecule has 7 heteroatoms. The van der Waals surface area contributed by atoms with E-state index < -0.39 is 17.5 Å². The highest BCUT2D eigenvalue weighted by Crippen LogP contribution is 2.32. The van der Waals surface area contributed by atoms with Crippen molar-refractivity contribution in [3.8, 4) is 11.5 Å². The molecule has 4 nitrogen and oxygen atoms in total. The van der Waals surface area contributed by atoms with Crippen molar-refractivity contribution in [2.75, 3.05) is 0 Å². The van der Waals surface area contributed by atoms with Crippen LogP contribution in [0.4, 0.5) is 13.2 Å². The Kier molecular flexibility index (Phi) is 5.23. The Balaban J connectivity index is 2.17. The van der Waals surface area contributed by atoms with Gasteiger partial charge in [-0.25, -0.2) is 0 Å². The zero-order chi connectivity index (χ0) is 17.7. The molecular formula is C17H14F3NO3. The van der Waals surface area contributed by atoms with Gasteiger partial charge in [0.2, 0.25) is 5.78 Å². The van der Waals surface area contributed by atoms with Gasteiger partial charge in [0, 0.05) is 5.56 Å². The van der Waals surface area contributed by atoms with E-state index >= 15 is 0 Å². The molecule has 2 aromatic carbocycles. The third-order valence-corrected chi connectivity index (χ3v) is 3.23. The fourth-order valence-electron chi connectivity index (χ4n) is 1.99. The molecule has 0 aliphatic heterocycles. The van der Waals surface area contributed by atoms with Crippen LogP contribution in [0.15, 0.2) is 53.7 Å². The second kappa shape index (κ2) is 7.16. The molecule has 0 heterocycles. The van der Waals surface area contributed by atoms with Crippen LogP contribution in [-0.2, 0) is 6.18 Å². The summed E-state index contributed by atoms with van der Waals surface area (Å²) in [6.45, 7) is 1.68. The van der Waals surface area contributed by atoms with Crippen molar-refractivity contribution in [3.05, 3.63) is 59.7 Å². The molecular weight excluding hydrogens is 323 g/mol. The zero-order valence-electron chi connectivity index (χ0n) is 12.7. The second-order valence-corrected chi connectivity index (χ2v) is 4.88. The Hall–Kier alpha value is -2.83. The molecule has 2 aromatic rings. The summed E-state index contributed by atoms with van der Waals surface area (Å²) in [6, 6.07) is 10.3. The number of Topliss-reactive ketones (excluding diaryl/α,β-unsaturated/α-hetero) is 1. The lowest BCUT2D eigenvalue weighted by molar-refractivity contribution is -0.137. The number of halogens is 3. The summed E-state index contributed by atoms with van der Waals surface area (Å²) in [5, 5.41) is 11.7. The van der Waals surface area contributed by atoms with Crippen LogP contribution >= 0.6 is 0 Å². The molecule has 0 aliphatic rings. The fraction of sp³-hybridized carbons (Fsp3) is 0.176. The number of alkyl halides is 3. The molecule has 0 aromatic heterocycles. The second-order valence-electron chi connectivity index (χ2n) is 4.88. The maximum Gasteiger partial charge on any atom is 0.416 e. The van der Waals surface area contributed by atoms with Gasteiger partial charge in [-0.3, -0.25) is 4.79 Å². The highest BCUT2D eigenvalue weighted by molar-refractivity contribution is 6.45. The Morgan fingerprint density at radius 1 is 1.12 bits per heavy atom. The van der Waals surface area contributed by atoms with E-state index in [0.717, 1.165) is 12.1 Å². The Labute approximate surface area is 136 Å². The van der Waals surface area contributed by atoms with Crippen molar-refractivity contribution >= 4 is 11.5 Å². The van der Waals surface area contributed by atoms with Gasteiger partial charge in [0.25, 0.3) is 0 Å². The monoisotopic (exact) mass is 337 g/mol. The van der Waals surface area contributed by atoms with E-state index in [9.17, 15) is 18.0 Å². The number of ether oxygens (including phenoxy) is 1. The Bertz CT molecular complexity index is 752.